The van der Waals surface area contributed by atoms with Crippen molar-refractivity contribution in [3.8, 4) is 5.69 Å². The Morgan fingerprint density at radius 1 is 0.769 bits per heavy atom. The lowest BCUT2D eigenvalue weighted by atomic mass is 9.52. The van der Waals surface area contributed by atoms with Crippen molar-refractivity contribution in [2.75, 3.05) is 0 Å². The number of pyridine rings is 1. The summed E-state index contributed by atoms with van der Waals surface area (Å²) in [6.45, 7) is 0. The Morgan fingerprint density at radius 2 is 1.63 bits per heavy atom. The smallest absolute Gasteiger partial charge is 0.0699 e. The minimum absolute atomic E-state index is 0.0840. The van der Waals surface area contributed by atoms with Crippen LogP contribution in [0.3, 0.4) is 0 Å². The predicted octanol–water partition coefficient (Wildman–Crippen LogP) is 11.9. The van der Waals surface area contributed by atoms with Crippen LogP contribution in [-0.4, -0.2) is 20.1 Å². The van der Waals surface area contributed by atoms with E-state index in [0.717, 1.165) is 31.4 Å². The van der Waals surface area contributed by atoms with Gasteiger partial charge < -0.3 is 4.57 Å². The number of para-hydroxylation sites is 2. The lowest BCUT2D eigenvalue weighted by Gasteiger charge is -2.59. The Hall–Kier alpha value is -4.51. The van der Waals surface area contributed by atoms with Crippen molar-refractivity contribution in [2.24, 2.45) is 17.8 Å². The van der Waals surface area contributed by atoms with E-state index in [4.69, 9.17) is 4.98 Å². The molecule has 1 fully saturated rings. The molecule has 0 radical (unpaired) electrons. The number of hydrogen-bond donors (Lipinski definition) is 0. The molecule has 52 heavy (non-hydrogen) atoms. The lowest BCUT2D eigenvalue weighted by Crippen LogP contribution is -2.56. The Morgan fingerprint density at radius 3 is 2.56 bits per heavy atom. The van der Waals surface area contributed by atoms with Gasteiger partial charge in [-0.05, 0) is 85.2 Å². The lowest BCUT2D eigenvalue weighted by molar-refractivity contribution is 0.241. The van der Waals surface area contributed by atoms with E-state index in [9.17, 15) is 0 Å². The van der Waals surface area contributed by atoms with Gasteiger partial charge in [0.1, 0.15) is 0 Å². The molecule has 4 heterocycles. The first-order chi connectivity index (χ1) is 25.8. The normalized spacial score (nSPS) is 28.4. The summed E-state index contributed by atoms with van der Waals surface area (Å²) in [5.41, 5.74) is 12.5. The second-order valence-electron chi connectivity index (χ2n) is 15.1. The third-order valence-corrected chi connectivity index (χ3v) is 15.4. The highest BCUT2D eigenvalue weighted by molar-refractivity contribution is 8.03. The van der Waals surface area contributed by atoms with Gasteiger partial charge in [-0.3, -0.25) is 4.98 Å². The quantitative estimate of drug-likeness (QED) is 0.174. The van der Waals surface area contributed by atoms with Crippen molar-refractivity contribution in [3.05, 3.63) is 184 Å². The zero-order valence-electron chi connectivity index (χ0n) is 29.1. The summed E-state index contributed by atoms with van der Waals surface area (Å²) < 4.78 is 2.54. The Balaban J connectivity index is 1.06. The number of thioether (sulfide) groups is 2. The van der Waals surface area contributed by atoms with Crippen molar-refractivity contribution in [3.63, 3.8) is 0 Å². The summed E-state index contributed by atoms with van der Waals surface area (Å²) >= 11 is 4.26. The van der Waals surface area contributed by atoms with Gasteiger partial charge in [0.05, 0.1) is 11.2 Å². The molecule has 6 unspecified atom stereocenters. The van der Waals surface area contributed by atoms with Crippen LogP contribution in [0.15, 0.2) is 167 Å². The first-order valence-corrected chi connectivity index (χ1v) is 20.7. The second kappa shape index (κ2) is 12.3. The molecule has 0 N–H and O–H groups in total. The van der Waals surface area contributed by atoms with Gasteiger partial charge in [-0.25, -0.2) is 0 Å². The number of nitrogens with zero attached hydrogens (tertiary/aromatic N) is 2. The van der Waals surface area contributed by atoms with Crippen LogP contribution in [0.4, 0.5) is 0 Å². The van der Waals surface area contributed by atoms with Crippen LogP contribution in [0.5, 0.6) is 0 Å². The highest BCUT2D eigenvalue weighted by Crippen LogP contribution is 2.66. The minimum Gasteiger partial charge on any atom is -0.313 e. The van der Waals surface area contributed by atoms with E-state index in [1.165, 1.54) is 49.6 Å². The summed E-state index contributed by atoms with van der Waals surface area (Å²) in [5.74, 6) is 1.19. The van der Waals surface area contributed by atoms with Gasteiger partial charge >= 0.3 is 0 Å². The third kappa shape index (κ3) is 4.63. The van der Waals surface area contributed by atoms with Crippen molar-refractivity contribution in [1.29, 1.82) is 0 Å². The molecule has 11 rings (SSSR count). The molecule has 5 aromatic rings. The third-order valence-electron chi connectivity index (χ3n) is 12.6. The van der Waals surface area contributed by atoms with E-state index in [2.05, 4.69) is 156 Å². The van der Waals surface area contributed by atoms with E-state index < -0.39 is 0 Å². The van der Waals surface area contributed by atoms with E-state index >= 15 is 0 Å². The molecule has 4 aliphatic carbocycles. The first-order valence-electron chi connectivity index (χ1n) is 19.0. The van der Waals surface area contributed by atoms with Gasteiger partial charge in [0, 0.05) is 72.0 Å². The van der Waals surface area contributed by atoms with Crippen molar-refractivity contribution in [1.82, 2.24) is 9.55 Å². The highest BCUT2D eigenvalue weighted by atomic mass is 32.2. The monoisotopic (exact) mass is 708 g/mol. The molecule has 4 heteroatoms. The summed E-state index contributed by atoms with van der Waals surface area (Å²) in [4.78, 5) is 7.72. The number of fused-ring (bicyclic) bond motifs is 10. The summed E-state index contributed by atoms with van der Waals surface area (Å²) in [6, 6.07) is 35.7. The topological polar surface area (TPSA) is 17.8 Å². The van der Waals surface area contributed by atoms with Crippen LogP contribution >= 0.6 is 23.5 Å². The Kier molecular flexibility index (Phi) is 7.34. The van der Waals surface area contributed by atoms with Crippen LogP contribution in [0.2, 0.25) is 0 Å². The fraction of sp³-hybridized carbons (Fsp3) is 0.229. The summed E-state index contributed by atoms with van der Waals surface area (Å²) in [6.07, 6.45) is 27.9. The number of hydrogen-bond acceptors (Lipinski definition) is 3. The van der Waals surface area contributed by atoms with Gasteiger partial charge in [0.25, 0.3) is 0 Å². The Labute approximate surface area is 314 Å². The van der Waals surface area contributed by atoms with Crippen molar-refractivity contribution in [2.45, 2.75) is 52.9 Å². The molecule has 6 aliphatic rings. The van der Waals surface area contributed by atoms with E-state index in [1.54, 1.807) is 16.7 Å². The predicted molar refractivity (Wildman–Crippen MR) is 220 cm³/mol. The fourth-order valence-electron chi connectivity index (χ4n) is 10.5. The molecule has 6 atom stereocenters. The molecule has 1 saturated heterocycles. The summed E-state index contributed by atoms with van der Waals surface area (Å²) in [7, 11) is 0. The fourth-order valence-corrected chi connectivity index (χ4v) is 13.6. The second-order valence-corrected chi connectivity index (χ2v) is 17.6. The SMILES string of the molecule is C1=CC2=C(CC1)C1(c3ccccc3S2)C2C=CC(c3ccccn3)=CC2SC2CCC(C3C=Cc4c(n(-c5ccccc5)c5ccccc45)C3)=CC21. The van der Waals surface area contributed by atoms with Crippen molar-refractivity contribution >= 4 is 46.1 Å². The van der Waals surface area contributed by atoms with E-state index in [1.807, 2.05) is 24.0 Å². The van der Waals surface area contributed by atoms with E-state index in [-0.39, 0.29) is 5.41 Å². The number of aromatic nitrogens is 2. The molecular formula is C48H40N2S2. The van der Waals surface area contributed by atoms with Gasteiger partial charge in [-0.2, -0.15) is 0 Å². The maximum Gasteiger partial charge on any atom is 0.0699 e. The Bertz CT molecular complexity index is 2430. The van der Waals surface area contributed by atoms with Gasteiger partial charge in [0.2, 0.25) is 0 Å². The average molecular weight is 709 g/mol. The molecule has 0 saturated carbocycles. The van der Waals surface area contributed by atoms with E-state index in [0.29, 0.717) is 28.3 Å². The molecule has 2 nitrogen and oxygen atoms in total. The van der Waals surface area contributed by atoms with Gasteiger partial charge in [-0.1, -0.05) is 127 Å². The molecule has 254 valence electrons. The standard InChI is InChI=1S/C48H40N2S2/c1-2-12-34(13-3-1)50-42-18-7-4-14-35(42)36-24-21-32(29-43(36)50)31-23-26-46-40(28-31)48(37-15-5-8-19-44(37)51-45-20-9-6-16-38(45)48)39-25-22-33(30-47(39)52-46)41-17-10-11-27-49-41/h1-5,7-15,17-22,24-25,27-28,30,32,39-40,46-47H,6,16,23,26,29H2. The molecule has 1 spiro atoms. The zero-order valence-corrected chi connectivity index (χ0v) is 30.7. The van der Waals surface area contributed by atoms with Crippen LogP contribution in [0.25, 0.3) is 28.2 Å². The maximum atomic E-state index is 4.78. The van der Waals surface area contributed by atoms with Gasteiger partial charge in [-0.15, -0.1) is 11.8 Å². The average Bonchev–Trinajstić information content (AvgIpc) is 3.55. The highest BCUT2D eigenvalue weighted by Gasteiger charge is 2.59. The molecule has 2 aromatic heterocycles. The van der Waals surface area contributed by atoms with Crippen LogP contribution < -0.4 is 0 Å². The number of rotatable bonds is 3. The molecule has 2 aliphatic heterocycles. The van der Waals surface area contributed by atoms with Crippen molar-refractivity contribution < 1.29 is 0 Å². The molecule has 0 amide bonds. The van der Waals surface area contributed by atoms with Crippen LogP contribution in [0.1, 0.15) is 48.2 Å². The molecule has 0 bridgehead atoms. The molecule has 3 aromatic carbocycles. The maximum absolute atomic E-state index is 4.78. The van der Waals surface area contributed by atoms with Crippen LogP contribution in [0, 0.1) is 17.8 Å². The van der Waals surface area contributed by atoms with Crippen LogP contribution in [-0.2, 0) is 11.8 Å². The summed E-state index contributed by atoms with van der Waals surface area (Å²) in [5, 5.41) is 2.30. The first kappa shape index (κ1) is 31.1. The zero-order chi connectivity index (χ0) is 34.2. The minimum atomic E-state index is -0.0840. The number of allylic oxidation sites excluding steroid dienone is 9. The van der Waals surface area contributed by atoms with Gasteiger partial charge in [0.15, 0.2) is 0 Å². The largest absolute Gasteiger partial charge is 0.313 e. The number of benzene rings is 3. The molecular weight excluding hydrogens is 669 g/mol.